The maximum Gasteiger partial charge on any atom is 0.325 e. The van der Waals surface area contributed by atoms with Crippen LogP contribution in [0.5, 0.6) is 0 Å². The van der Waals surface area contributed by atoms with Gasteiger partial charge in [0.15, 0.2) is 0 Å². The predicted octanol–water partition coefficient (Wildman–Crippen LogP) is 1.91. The van der Waals surface area contributed by atoms with E-state index in [2.05, 4.69) is 16.0 Å². The van der Waals surface area contributed by atoms with Crippen LogP contribution in [0.4, 0.5) is 4.79 Å². The highest BCUT2D eigenvalue weighted by Crippen LogP contribution is 2.30. The lowest BCUT2D eigenvalue weighted by molar-refractivity contribution is -0.124. The Bertz CT molecular complexity index is 381. The molecular formula is C15H25N3O2. The van der Waals surface area contributed by atoms with Crippen molar-refractivity contribution in [2.75, 3.05) is 13.1 Å². The van der Waals surface area contributed by atoms with Crippen LogP contribution in [0, 0.1) is 11.8 Å². The Labute approximate surface area is 120 Å². The van der Waals surface area contributed by atoms with Gasteiger partial charge in [-0.05, 0) is 51.6 Å². The molecular weight excluding hydrogens is 254 g/mol. The van der Waals surface area contributed by atoms with E-state index in [4.69, 9.17) is 0 Å². The summed E-state index contributed by atoms with van der Waals surface area (Å²) in [7, 11) is 0. The van der Waals surface area contributed by atoms with Crippen molar-refractivity contribution in [3.63, 3.8) is 0 Å². The van der Waals surface area contributed by atoms with Gasteiger partial charge in [0, 0.05) is 12.1 Å². The quantitative estimate of drug-likeness (QED) is 0.739. The normalized spacial score (nSPS) is 21.8. The lowest BCUT2D eigenvalue weighted by Gasteiger charge is -2.21. The molecule has 0 atom stereocenters. The Morgan fingerprint density at radius 3 is 2.35 bits per heavy atom. The molecule has 3 N–H and O–H groups in total. The van der Waals surface area contributed by atoms with E-state index in [9.17, 15) is 9.59 Å². The molecule has 20 heavy (non-hydrogen) atoms. The molecule has 0 unspecified atom stereocenters. The van der Waals surface area contributed by atoms with E-state index in [0.29, 0.717) is 5.92 Å². The highest BCUT2D eigenvalue weighted by Gasteiger charge is 2.22. The summed E-state index contributed by atoms with van der Waals surface area (Å²) in [6.07, 6.45) is 8.32. The molecule has 0 aromatic carbocycles. The number of amides is 3. The van der Waals surface area contributed by atoms with Crippen LogP contribution in [0.1, 0.15) is 45.4 Å². The zero-order valence-electron chi connectivity index (χ0n) is 12.2. The highest BCUT2D eigenvalue weighted by atomic mass is 16.2. The molecule has 2 rings (SSSR count). The second-order valence-electron chi connectivity index (χ2n) is 5.86. The summed E-state index contributed by atoms with van der Waals surface area (Å²) < 4.78 is 0. The number of carbonyl (C=O) groups excluding carboxylic acids is 2. The van der Waals surface area contributed by atoms with Gasteiger partial charge >= 0.3 is 6.03 Å². The molecule has 5 nitrogen and oxygen atoms in total. The Morgan fingerprint density at radius 1 is 1.05 bits per heavy atom. The average Bonchev–Trinajstić information content (AvgIpc) is 3.00. The van der Waals surface area contributed by atoms with Crippen LogP contribution in [0.2, 0.25) is 0 Å². The number of hydrogen-bond donors (Lipinski definition) is 3. The van der Waals surface area contributed by atoms with Gasteiger partial charge in [0.05, 0.1) is 0 Å². The molecule has 0 aromatic heterocycles. The third-order valence-corrected chi connectivity index (χ3v) is 4.38. The second kappa shape index (κ2) is 7.43. The minimum absolute atomic E-state index is 0.0399. The van der Waals surface area contributed by atoms with Crippen molar-refractivity contribution in [1.82, 2.24) is 16.0 Å². The third kappa shape index (κ3) is 4.34. The number of urea groups is 1. The van der Waals surface area contributed by atoms with Gasteiger partial charge in [0.25, 0.3) is 0 Å². The smallest absolute Gasteiger partial charge is 0.317 e. The standard InChI is InChI=1S/C15H25N3O2/c1-11(12-4-2-3-5-12)10-17-15(20)18-14(19)13-6-8-16-9-7-13/h10,12-13,16H,2-9H2,1H3,(H2,17,18,19,20)/b11-10+. The Kier molecular flexibility index (Phi) is 5.59. The van der Waals surface area contributed by atoms with Gasteiger partial charge in [-0.3, -0.25) is 10.1 Å². The van der Waals surface area contributed by atoms with Crippen LogP contribution in [-0.4, -0.2) is 25.0 Å². The Hall–Kier alpha value is -1.36. The summed E-state index contributed by atoms with van der Waals surface area (Å²) in [6, 6.07) is -0.411. The van der Waals surface area contributed by atoms with Gasteiger partial charge in [0.2, 0.25) is 5.91 Å². The molecule has 2 fully saturated rings. The first kappa shape index (κ1) is 15.0. The van der Waals surface area contributed by atoms with E-state index in [1.165, 1.54) is 31.3 Å². The molecule has 1 aliphatic heterocycles. The van der Waals surface area contributed by atoms with Crippen LogP contribution in [0.25, 0.3) is 0 Å². The van der Waals surface area contributed by atoms with Gasteiger partial charge in [0.1, 0.15) is 0 Å². The molecule has 0 spiro atoms. The number of carbonyl (C=O) groups is 2. The summed E-state index contributed by atoms with van der Waals surface area (Å²) in [6.45, 7) is 3.74. The van der Waals surface area contributed by atoms with E-state index < -0.39 is 6.03 Å². The van der Waals surface area contributed by atoms with Crippen molar-refractivity contribution in [3.05, 3.63) is 11.8 Å². The number of imide groups is 1. The maximum atomic E-state index is 11.9. The Morgan fingerprint density at radius 2 is 1.70 bits per heavy atom. The summed E-state index contributed by atoms with van der Waals surface area (Å²) in [5.41, 5.74) is 1.20. The zero-order valence-corrected chi connectivity index (χ0v) is 12.2. The van der Waals surface area contributed by atoms with E-state index >= 15 is 0 Å². The molecule has 1 heterocycles. The Balaban J connectivity index is 1.74. The molecule has 1 saturated heterocycles. The van der Waals surface area contributed by atoms with Gasteiger partial charge in [-0.2, -0.15) is 0 Å². The van der Waals surface area contributed by atoms with Crippen molar-refractivity contribution in [2.24, 2.45) is 11.8 Å². The molecule has 5 heteroatoms. The molecule has 1 aliphatic carbocycles. The molecule has 112 valence electrons. The van der Waals surface area contributed by atoms with Crippen molar-refractivity contribution < 1.29 is 9.59 Å². The molecule has 0 aromatic rings. The predicted molar refractivity (Wildman–Crippen MR) is 78.0 cm³/mol. The van der Waals surface area contributed by atoms with Crippen molar-refractivity contribution >= 4 is 11.9 Å². The zero-order chi connectivity index (χ0) is 14.4. The number of allylic oxidation sites excluding steroid dienone is 1. The maximum absolute atomic E-state index is 11.9. The van der Waals surface area contributed by atoms with Crippen LogP contribution < -0.4 is 16.0 Å². The van der Waals surface area contributed by atoms with Gasteiger partial charge in [-0.1, -0.05) is 18.4 Å². The summed E-state index contributed by atoms with van der Waals surface area (Å²) >= 11 is 0. The second-order valence-corrected chi connectivity index (χ2v) is 5.86. The average molecular weight is 279 g/mol. The minimum atomic E-state index is -0.411. The molecule has 2 aliphatic rings. The van der Waals surface area contributed by atoms with Crippen molar-refractivity contribution in [2.45, 2.75) is 45.4 Å². The van der Waals surface area contributed by atoms with E-state index in [1.807, 2.05) is 6.92 Å². The SMILES string of the molecule is C/C(=C\NC(=O)NC(=O)C1CCNCC1)C1CCCC1. The fourth-order valence-corrected chi connectivity index (χ4v) is 3.01. The van der Waals surface area contributed by atoms with Crippen molar-refractivity contribution in [3.8, 4) is 0 Å². The lowest BCUT2D eigenvalue weighted by atomic mass is 9.97. The molecule has 3 amide bonds. The monoisotopic (exact) mass is 279 g/mol. The molecule has 0 bridgehead atoms. The fourth-order valence-electron chi connectivity index (χ4n) is 3.01. The first-order chi connectivity index (χ1) is 9.66. The van der Waals surface area contributed by atoms with E-state index in [-0.39, 0.29) is 11.8 Å². The molecule has 1 saturated carbocycles. The minimum Gasteiger partial charge on any atom is -0.317 e. The van der Waals surface area contributed by atoms with Gasteiger partial charge in [-0.25, -0.2) is 4.79 Å². The number of nitrogens with one attached hydrogen (secondary N) is 3. The van der Waals surface area contributed by atoms with E-state index in [1.54, 1.807) is 6.20 Å². The highest BCUT2D eigenvalue weighted by molar-refractivity contribution is 5.95. The lowest BCUT2D eigenvalue weighted by Crippen LogP contribution is -2.43. The largest absolute Gasteiger partial charge is 0.325 e. The van der Waals surface area contributed by atoms with Crippen LogP contribution in [-0.2, 0) is 4.79 Å². The van der Waals surface area contributed by atoms with Crippen molar-refractivity contribution in [1.29, 1.82) is 0 Å². The van der Waals surface area contributed by atoms with Crippen LogP contribution in [0.3, 0.4) is 0 Å². The summed E-state index contributed by atoms with van der Waals surface area (Å²) in [5.74, 6) is 0.397. The first-order valence-electron chi connectivity index (χ1n) is 7.65. The number of hydrogen-bond acceptors (Lipinski definition) is 3. The fraction of sp³-hybridized carbons (Fsp3) is 0.733. The van der Waals surface area contributed by atoms with Gasteiger partial charge in [-0.15, -0.1) is 0 Å². The van der Waals surface area contributed by atoms with Crippen LogP contribution in [0.15, 0.2) is 11.8 Å². The van der Waals surface area contributed by atoms with Crippen LogP contribution >= 0.6 is 0 Å². The number of rotatable bonds is 3. The third-order valence-electron chi connectivity index (χ3n) is 4.38. The molecule has 0 radical (unpaired) electrons. The van der Waals surface area contributed by atoms with E-state index in [0.717, 1.165) is 25.9 Å². The van der Waals surface area contributed by atoms with Gasteiger partial charge < -0.3 is 10.6 Å². The topological polar surface area (TPSA) is 70.2 Å². The first-order valence-corrected chi connectivity index (χ1v) is 7.65. The summed E-state index contributed by atoms with van der Waals surface area (Å²) in [5, 5.41) is 8.32. The number of piperidine rings is 1. The summed E-state index contributed by atoms with van der Waals surface area (Å²) in [4.78, 5) is 23.6.